The van der Waals surface area contributed by atoms with Gasteiger partial charge >= 0.3 is 0 Å². The summed E-state index contributed by atoms with van der Waals surface area (Å²) in [5.74, 6) is 0. The Morgan fingerprint density at radius 1 is 0.810 bits per heavy atom. The van der Waals surface area contributed by atoms with E-state index in [2.05, 4.69) is 31.2 Å². The molecule has 2 aromatic carbocycles. The Morgan fingerprint density at radius 3 is 1.52 bits per heavy atom. The first-order valence-corrected chi connectivity index (χ1v) is 8.04. The Morgan fingerprint density at radius 2 is 1.19 bits per heavy atom. The van der Waals surface area contributed by atoms with Crippen LogP contribution < -0.4 is 5.73 Å². The van der Waals surface area contributed by atoms with Crippen LogP contribution in [0.4, 0.5) is 0 Å². The Kier molecular flexibility index (Phi) is 5.69. The summed E-state index contributed by atoms with van der Waals surface area (Å²) >= 11 is 11.9. The van der Waals surface area contributed by atoms with Crippen molar-refractivity contribution < 1.29 is 0 Å². The van der Waals surface area contributed by atoms with E-state index in [1.807, 2.05) is 24.3 Å². The van der Waals surface area contributed by atoms with E-state index in [0.717, 1.165) is 35.7 Å². The van der Waals surface area contributed by atoms with Crippen LogP contribution in [-0.4, -0.2) is 5.54 Å². The molecule has 0 bridgehead atoms. The monoisotopic (exact) mass is 321 g/mol. The van der Waals surface area contributed by atoms with Gasteiger partial charge in [0.05, 0.1) is 0 Å². The van der Waals surface area contributed by atoms with Crippen molar-refractivity contribution in [2.75, 3.05) is 0 Å². The SMILES string of the molecule is CCCC(N)(Cc1ccc(Cl)cc1)Cc1ccc(Cl)cc1. The van der Waals surface area contributed by atoms with E-state index in [4.69, 9.17) is 28.9 Å². The van der Waals surface area contributed by atoms with Crippen LogP contribution in [0.3, 0.4) is 0 Å². The first-order valence-electron chi connectivity index (χ1n) is 7.28. The summed E-state index contributed by atoms with van der Waals surface area (Å²) in [5, 5.41) is 1.52. The second-order valence-electron chi connectivity index (χ2n) is 5.72. The minimum atomic E-state index is -0.240. The van der Waals surface area contributed by atoms with E-state index in [-0.39, 0.29) is 5.54 Å². The molecule has 0 aliphatic rings. The molecule has 0 saturated carbocycles. The summed E-state index contributed by atoms with van der Waals surface area (Å²) in [4.78, 5) is 0. The molecule has 1 nitrogen and oxygen atoms in total. The fourth-order valence-corrected chi connectivity index (χ4v) is 3.01. The molecule has 0 unspecified atom stereocenters. The van der Waals surface area contributed by atoms with Crippen molar-refractivity contribution in [2.45, 2.75) is 38.1 Å². The van der Waals surface area contributed by atoms with Crippen molar-refractivity contribution in [3.8, 4) is 0 Å². The average Bonchev–Trinajstić information content (AvgIpc) is 2.44. The molecule has 2 rings (SSSR count). The van der Waals surface area contributed by atoms with Crippen LogP contribution in [0.1, 0.15) is 30.9 Å². The fourth-order valence-electron chi connectivity index (χ4n) is 2.75. The highest BCUT2D eigenvalue weighted by Crippen LogP contribution is 2.23. The predicted molar refractivity (Wildman–Crippen MR) is 92.1 cm³/mol. The van der Waals surface area contributed by atoms with Crippen LogP contribution >= 0.6 is 23.2 Å². The number of nitrogens with two attached hydrogens (primary N) is 1. The van der Waals surface area contributed by atoms with Crippen molar-refractivity contribution in [3.05, 3.63) is 69.7 Å². The standard InChI is InChI=1S/C18H21Cl2N/c1-2-11-18(21,12-14-3-7-16(19)8-4-14)13-15-5-9-17(20)10-6-15/h3-10H,2,11-13,21H2,1H3. The van der Waals surface area contributed by atoms with Gasteiger partial charge in [-0.15, -0.1) is 0 Å². The second-order valence-corrected chi connectivity index (χ2v) is 6.59. The largest absolute Gasteiger partial charge is 0.324 e. The maximum absolute atomic E-state index is 6.68. The fraction of sp³-hybridized carbons (Fsp3) is 0.333. The Balaban J connectivity index is 2.14. The lowest BCUT2D eigenvalue weighted by atomic mass is 9.82. The van der Waals surface area contributed by atoms with E-state index in [0.29, 0.717) is 0 Å². The highest BCUT2D eigenvalue weighted by Gasteiger charge is 2.24. The molecule has 0 spiro atoms. The van der Waals surface area contributed by atoms with Gasteiger partial charge in [0.15, 0.2) is 0 Å². The van der Waals surface area contributed by atoms with Crippen LogP contribution in [0.25, 0.3) is 0 Å². The zero-order chi connectivity index (χ0) is 15.3. The van der Waals surface area contributed by atoms with Crippen LogP contribution in [0.5, 0.6) is 0 Å². The van der Waals surface area contributed by atoms with Crippen LogP contribution in [0, 0.1) is 0 Å². The van der Waals surface area contributed by atoms with E-state index in [1.54, 1.807) is 0 Å². The predicted octanol–water partition coefficient (Wildman–Crippen LogP) is 5.28. The molecule has 3 heteroatoms. The van der Waals surface area contributed by atoms with Crippen LogP contribution in [-0.2, 0) is 12.8 Å². The van der Waals surface area contributed by atoms with Crippen molar-refractivity contribution in [1.82, 2.24) is 0 Å². The molecule has 0 atom stereocenters. The molecule has 0 aliphatic carbocycles. The van der Waals surface area contributed by atoms with Gasteiger partial charge in [-0.25, -0.2) is 0 Å². The van der Waals surface area contributed by atoms with Crippen molar-refractivity contribution in [2.24, 2.45) is 5.73 Å². The Labute approximate surface area is 137 Å². The molecule has 112 valence electrons. The quantitative estimate of drug-likeness (QED) is 0.769. The van der Waals surface area contributed by atoms with Crippen LogP contribution in [0.15, 0.2) is 48.5 Å². The van der Waals surface area contributed by atoms with E-state index in [9.17, 15) is 0 Å². The molecule has 2 N–H and O–H groups in total. The van der Waals surface area contributed by atoms with E-state index >= 15 is 0 Å². The van der Waals surface area contributed by atoms with Crippen molar-refractivity contribution in [3.63, 3.8) is 0 Å². The van der Waals surface area contributed by atoms with Crippen LogP contribution in [0.2, 0.25) is 10.0 Å². The highest BCUT2D eigenvalue weighted by atomic mass is 35.5. The van der Waals surface area contributed by atoms with Gasteiger partial charge in [0.1, 0.15) is 0 Å². The molecule has 0 aromatic heterocycles. The van der Waals surface area contributed by atoms with Crippen molar-refractivity contribution >= 4 is 23.2 Å². The van der Waals surface area contributed by atoms with Gasteiger partial charge in [0.25, 0.3) is 0 Å². The highest BCUT2D eigenvalue weighted by molar-refractivity contribution is 6.30. The third-order valence-electron chi connectivity index (χ3n) is 3.69. The van der Waals surface area contributed by atoms with Crippen molar-refractivity contribution in [1.29, 1.82) is 0 Å². The lowest BCUT2D eigenvalue weighted by Crippen LogP contribution is -2.44. The maximum atomic E-state index is 6.68. The zero-order valence-corrected chi connectivity index (χ0v) is 13.8. The molecular formula is C18H21Cl2N. The van der Waals surface area contributed by atoms with Gasteiger partial charge in [-0.2, -0.15) is 0 Å². The van der Waals surface area contributed by atoms with Gasteiger partial charge < -0.3 is 5.73 Å². The topological polar surface area (TPSA) is 26.0 Å². The lowest BCUT2D eigenvalue weighted by Gasteiger charge is -2.30. The van der Waals surface area contributed by atoms with E-state index < -0.39 is 0 Å². The Bertz CT molecular complexity index is 513. The van der Waals surface area contributed by atoms with Gasteiger partial charge in [0.2, 0.25) is 0 Å². The third kappa shape index (κ3) is 5.03. The molecule has 0 aliphatic heterocycles. The first kappa shape index (κ1) is 16.4. The first-order chi connectivity index (χ1) is 10.0. The molecule has 0 saturated heterocycles. The average molecular weight is 322 g/mol. The van der Waals surface area contributed by atoms with Gasteiger partial charge in [-0.1, -0.05) is 60.8 Å². The number of rotatable bonds is 6. The summed E-state index contributed by atoms with van der Waals surface area (Å²) in [6.45, 7) is 2.17. The molecular weight excluding hydrogens is 301 g/mol. The zero-order valence-electron chi connectivity index (χ0n) is 12.3. The minimum absolute atomic E-state index is 0.240. The number of hydrogen-bond donors (Lipinski definition) is 1. The summed E-state index contributed by atoms with van der Waals surface area (Å²) in [6, 6.07) is 15.9. The number of benzene rings is 2. The number of hydrogen-bond acceptors (Lipinski definition) is 1. The van der Waals surface area contributed by atoms with Gasteiger partial charge in [-0.3, -0.25) is 0 Å². The van der Waals surface area contributed by atoms with Gasteiger partial charge in [-0.05, 0) is 54.7 Å². The molecule has 0 fully saturated rings. The summed E-state index contributed by atoms with van der Waals surface area (Å²) < 4.78 is 0. The van der Waals surface area contributed by atoms with E-state index in [1.165, 1.54) is 11.1 Å². The van der Waals surface area contributed by atoms with Gasteiger partial charge in [0, 0.05) is 15.6 Å². The summed E-state index contributed by atoms with van der Waals surface area (Å²) in [5.41, 5.74) is 8.90. The summed E-state index contributed by atoms with van der Waals surface area (Å²) in [6.07, 6.45) is 3.75. The molecule has 0 radical (unpaired) electrons. The molecule has 21 heavy (non-hydrogen) atoms. The smallest absolute Gasteiger partial charge is 0.0406 e. The third-order valence-corrected chi connectivity index (χ3v) is 4.19. The Hall–Kier alpha value is -1.02. The normalized spacial score (nSPS) is 11.6. The molecule has 0 amide bonds. The number of halogens is 2. The lowest BCUT2D eigenvalue weighted by molar-refractivity contribution is 0.383. The molecule has 2 aromatic rings. The minimum Gasteiger partial charge on any atom is -0.324 e. The second kappa shape index (κ2) is 7.31. The summed E-state index contributed by atoms with van der Waals surface area (Å²) in [7, 11) is 0. The maximum Gasteiger partial charge on any atom is 0.0406 e. The molecule has 0 heterocycles.